The van der Waals surface area contributed by atoms with Crippen molar-refractivity contribution < 1.29 is 23.0 Å². The number of nitriles is 1. The lowest BCUT2D eigenvalue weighted by molar-refractivity contribution is 0.0593. The van der Waals surface area contributed by atoms with E-state index in [0.717, 1.165) is 17.7 Å². The third-order valence-electron chi connectivity index (χ3n) is 3.02. The van der Waals surface area contributed by atoms with E-state index in [9.17, 15) is 13.6 Å². The monoisotopic (exact) mass is 307 g/mol. The molecule has 0 unspecified atom stereocenters. The largest absolute Gasteiger partial charge is 0.493 e. The Labute approximate surface area is 124 Å². The Kier molecular flexibility index (Phi) is 3.99. The minimum atomic E-state index is -1.17. The van der Waals surface area contributed by atoms with Gasteiger partial charge in [0.15, 0.2) is 17.3 Å². The van der Waals surface area contributed by atoms with Gasteiger partial charge in [-0.2, -0.15) is 9.65 Å². The van der Waals surface area contributed by atoms with Gasteiger partial charge in [0.25, 0.3) is 0 Å². The molecule has 6 nitrogen and oxygen atoms in total. The van der Waals surface area contributed by atoms with Gasteiger partial charge in [0.2, 0.25) is 5.82 Å². The highest BCUT2D eigenvalue weighted by Gasteiger charge is 2.23. The molecule has 22 heavy (non-hydrogen) atoms. The van der Waals surface area contributed by atoms with Gasteiger partial charge >= 0.3 is 5.97 Å². The van der Waals surface area contributed by atoms with Gasteiger partial charge in [-0.3, -0.25) is 0 Å². The zero-order valence-corrected chi connectivity index (χ0v) is 11.7. The highest BCUT2D eigenvalue weighted by atomic mass is 19.2. The number of rotatable bonds is 3. The van der Waals surface area contributed by atoms with Crippen molar-refractivity contribution in [3.8, 4) is 17.5 Å². The first kappa shape index (κ1) is 15.3. The molecule has 0 bridgehead atoms. The second-order valence-electron chi connectivity index (χ2n) is 4.22. The number of anilines is 1. The van der Waals surface area contributed by atoms with Gasteiger partial charge in [-0.25, -0.2) is 9.18 Å². The average Bonchev–Trinajstić information content (AvgIpc) is 2.85. The number of hydrogen-bond acceptors (Lipinski definition) is 5. The molecule has 8 heteroatoms. The summed E-state index contributed by atoms with van der Waals surface area (Å²) in [7, 11) is 2.31. The van der Waals surface area contributed by atoms with E-state index < -0.39 is 17.6 Å². The van der Waals surface area contributed by atoms with Crippen LogP contribution in [0.2, 0.25) is 0 Å². The molecule has 0 aliphatic carbocycles. The third-order valence-corrected chi connectivity index (χ3v) is 3.02. The SMILES string of the molecule is COC(=O)c1c(N)c(C#N)cn1-c1cc(F)c(F)c(OC)c1. The standard InChI is InChI=1S/C14H11F2N3O3/c1-21-10-4-8(3-9(15)11(10)16)19-6-7(5-17)12(18)13(19)14(20)22-2/h3-4,6H,18H2,1-2H3. The maximum absolute atomic E-state index is 13.6. The van der Waals surface area contributed by atoms with Crippen molar-refractivity contribution in [3.63, 3.8) is 0 Å². The number of aromatic nitrogens is 1. The van der Waals surface area contributed by atoms with Gasteiger partial charge in [0, 0.05) is 18.3 Å². The van der Waals surface area contributed by atoms with Crippen LogP contribution in [0.1, 0.15) is 16.1 Å². The zero-order valence-electron chi connectivity index (χ0n) is 11.7. The average molecular weight is 307 g/mol. The van der Waals surface area contributed by atoms with Crippen molar-refractivity contribution in [1.29, 1.82) is 5.26 Å². The van der Waals surface area contributed by atoms with E-state index in [1.54, 1.807) is 6.07 Å². The number of methoxy groups -OCH3 is 2. The second kappa shape index (κ2) is 5.73. The van der Waals surface area contributed by atoms with Crippen LogP contribution in [-0.2, 0) is 4.74 Å². The number of esters is 1. The lowest BCUT2D eigenvalue weighted by atomic mass is 10.2. The minimum Gasteiger partial charge on any atom is -0.493 e. The Morgan fingerprint density at radius 3 is 2.59 bits per heavy atom. The quantitative estimate of drug-likeness (QED) is 0.876. The van der Waals surface area contributed by atoms with Crippen LogP contribution < -0.4 is 10.5 Å². The highest BCUT2D eigenvalue weighted by molar-refractivity contribution is 5.95. The van der Waals surface area contributed by atoms with Crippen LogP contribution in [0.3, 0.4) is 0 Å². The number of nitrogen functional groups attached to an aromatic ring is 1. The fraction of sp³-hybridized carbons (Fsp3) is 0.143. The molecule has 1 aromatic carbocycles. The summed E-state index contributed by atoms with van der Waals surface area (Å²) in [6.07, 6.45) is 1.23. The summed E-state index contributed by atoms with van der Waals surface area (Å²) >= 11 is 0. The van der Waals surface area contributed by atoms with Crippen LogP contribution in [0.5, 0.6) is 5.75 Å². The van der Waals surface area contributed by atoms with E-state index in [0.29, 0.717) is 0 Å². The first-order valence-electron chi connectivity index (χ1n) is 5.97. The van der Waals surface area contributed by atoms with Crippen LogP contribution in [0.4, 0.5) is 14.5 Å². The molecule has 2 rings (SSSR count). The second-order valence-corrected chi connectivity index (χ2v) is 4.22. The number of carbonyl (C=O) groups excluding carboxylic acids is 1. The predicted molar refractivity (Wildman–Crippen MR) is 72.7 cm³/mol. The summed E-state index contributed by atoms with van der Waals surface area (Å²) in [5.41, 5.74) is 5.51. The van der Waals surface area contributed by atoms with Crippen molar-refractivity contribution in [1.82, 2.24) is 4.57 Å². The van der Waals surface area contributed by atoms with E-state index in [1.807, 2.05) is 0 Å². The number of nitrogens with zero attached hydrogens (tertiary/aromatic N) is 2. The lowest BCUT2D eigenvalue weighted by Crippen LogP contribution is -2.11. The number of nitrogens with two attached hydrogens (primary N) is 1. The zero-order chi connectivity index (χ0) is 16.4. The Morgan fingerprint density at radius 1 is 1.36 bits per heavy atom. The molecule has 2 N–H and O–H groups in total. The highest BCUT2D eigenvalue weighted by Crippen LogP contribution is 2.29. The van der Waals surface area contributed by atoms with E-state index >= 15 is 0 Å². The summed E-state index contributed by atoms with van der Waals surface area (Å²) in [6.45, 7) is 0. The van der Waals surface area contributed by atoms with E-state index in [4.69, 9.17) is 15.7 Å². The molecule has 0 saturated heterocycles. The first-order valence-corrected chi connectivity index (χ1v) is 5.97. The summed E-state index contributed by atoms with van der Waals surface area (Å²) in [4.78, 5) is 11.8. The molecule has 2 aromatic rings. The van der Waals surface area contributed by atoms with Crippen molar-refractivity contribution >= 4 is 11.7 Å². The topological polar surface area (TPSA) is 90.3 Å². The van der Waals surface area contributed by atoms with Gasteiger partial charge in [0.05, 0.1) is 31.2 Å². The van der Waals surface area contributed by atoms with Crippen LogP contribution in [0.25, 0.3) is 5.69 Å². The summed E-state index contributed by atoms with van der Waals surface area (Å²) in [6, 6.07) is 3.83. The molecule has 0 aliphatic heterocycles. The molecule has 0 amide bonds. The van der Waals surface area contributed by atoms with E-state index in [2.05, 4.69) is 4.74 Å². The third kappa shape index (κ3) is 2.33. The molecule has 1 heterocycles. The molecular formula is C14H11F2N3O3. The number of halogens is 2. The molecule has 0 fully saturated rings. The summed E-state index contributed by atoms with van der Waals surface area (Å²) < 4.78 is 37.6. The molecule has 1 aromatic heterocycles. The summed E-state index contributed by atoms with van der Waals surface area (Å²) in [5.74, 6) is -3.50. The van der Waals surface area contributed by atoms with Crippen LogP contribution in [0, 0.1) is 23.0 Å². The van der Waals surface area contributed by atoms with Gasteiger partial charge in [-0.1, -0.05) is 0 Å². The smallest absolute Gasteiger partial charge is 0.357 e. The Hall–Kier alpha value is -3.08. The molecule has 0 radical (unpaired) electrons. The minimum absolute atomic E-state index is 0.00380. The maximum atomic E-state index is 13.6. The molecular weight excluding hydrogens is 296 g/mol. The maximum Gasteiger partial charge on any atom is 0.357 e. The Morgan fingerprint density at radius 2 is 2.05 bits per heavy atom. The van der Waals surface area contributed by atoms with Crippen LogP contribution in [0.15, 0.2) is 18.3 Å². The first-order chi connectivity index (χ1) is 10.4. The molecule has 114 valence electrons. The Balaban J connectivity index is 2.75. The number of hydrogen-bond donors (Lipinski definition) is 1. The number of carbonyl (C=O) groups is 1. The van der Waals surface area contributed by atoms with Crippen LogP contribution in [-0.4, -0.2) is 24.8 Å². The van der Waals surface area contributed by atoms with Gasteiger partial charge < -0.3 is 19.8 Å². The normalized spacial score (nSPS) is 10.1. The number of benzene rings is 1. The van der Waals surface area contributed by atoms with E-state index in [1.165, 1.54) is 19.4 Å². The molecule has 0 atom stereocenters. The Bertz CT molecular complexity index is 794. The molecule has 0 spiro atoms. The van der Waals surface area contributed by atoms with Gasteiger partial charge in [-0.05, 0) is 0 Å². The lowest BCUT2D eigenvalue weighted by Gasteiger charge is -2.11. The van der Waals surface area contributed by atoms with Crippen LogP contribution >= 0.6 is 0 Å². The fourth-order valence-electron chi connectivity index (χ4n) is 1.96. The summed E-state index contributed by atoms with van der Waals surface area (Å²) in [5, 5.41) is 9.00. The van der Waals surface area contributed by atoms with Crippen molar-refractivity contribution in [2.75, 3.05) is 20.0 Å². The van der Waals surface area contributed by atoms with Gasteiger partial charge in [-0.15, -0.1) is 0 Å². The van der Waals surface area contributed by atoms with Crippen molar-refractivity contribution in [3.05, 3.63) is 41.2 Å². The van der Waals surface area contributed by atoms with Crippen molar-refractivity contribution in [2.45, 2.75) is 0 Å². The number of ether oxygens (including phenoxy) is 2. The fourth-order valence-corrected chi connectivity index (χ4v) is 1.96. The van der Waals surface area contributed by atoms with Crippen molar-refractivity contribution in [2.24, 2.45) is 0 Å². The molecule has 0 saturated carbocycles. The van der Waals surface area contributed by atoms with E-state index in [-0.39, 0.29) is 28.4 Å². The van der Waals surface area contributed by atoms with Gasteiger partial charge in [0.1, 0.15) is 6.07 Å². The predicted octanol–water partition coefficient (Wildman–Crippen LogP) is 2.00. The molecule has 0 aliphatic rings.